The van der Waals surface area contributed by atoms with Crippen LogP contribution in [0.5, 0.6) is 0 Å². The van der Waals surface area contributed by atoms with E-state index >= 15 is 0 Å². The van der Waals surface area contributed by atoms with E-state index in [1.807, 2.05) is 0 Å². The Morgan fingerprint density at radius 2 is 1.31 bits per heavy atom. The second-order valence-electron chi connectivity index (χ2n) is 3.63. The Balaban J connectivity index is 3.47. The summed E-state index contributed by atoms with van der Waals surface area (Å²) in [5, 5.41) is 0. The Morgan fingerprint density at radius 1 is 0.846 bits per heavy atom. The van der Waals surface area contributed by atoms with E-state index < -0.39 is 0 Å². The fourth-order valence-electron chi connectivity index (χ4n) is 1.39. The summed E-state index contributed by atoms with van der Waals surface area (Å²) >= 11 is 4.25. The molecule has 0 aliphatic carbocycles. The van der Waals surface area contributed by atoms with E-state index in [-0.39, 0.29) is 0 Å². The summed E-state index contributed by atoms with van der Waals surface area (Å²) in [7, 11) is 0. The fourth-order valence-corrected chi connectivity index (χ4v) is 1.53. The number of rotatable bonds is 9. The zero-order valence-corrected chi connectivity index (χ0v) is 10.2. The average Bonchev–Trinajstić information content (AvgIpc) is 2.17. The molecule has 0 aromatic rings. The SMILES string of the molecule is CCCCN(CCCC)CCCS. The first kappa shape index (κ1) is 13.3. The number of hydrogen-bond donors (Lipinski definition) is 1. The van der Waals surface area contributed by atoms with E-state index in [1.165, 1.54) is 51.7 Å². The summed E-state index contributed by atoms with van der Waals surface area (Å²) < 4.78 is 0. The predicted octanol–water partition coefficient (Wildman–Crippen LogP) is 3.21. The maximum absolute atomic E-state index is 4.25. The molecule has 0 bridgehead atoms. The Hall–Kier alpha value is 0.310. The van der Waals surface area contributed by atoms with Crippen molar-refractivity contribution < 1.29 is 0 Å². The molecule has 1 nitrogen and oxygen atoms in total. The Labute approximate surface area is 89.3 Å². The van der Waals surface area contributed by atoms with E-state index in [2.05, 4.69) is 31.4 Å². The van der Waals surface area contributed by atoms with Gasteiger partial charge in [0.1, 0.15) is 0 Å². The van der Waals surface area contributed by atoms with Crippen molar-refractivity contribution in [2.24, 2.45) is 0 Å². The maximum Gasteiger partial charge on any atom is -0.00110 e. The van der Waals surface area contributed by atoms with E-state index in [1.54, 1.807) is 0 Å². The molecule has 0 atom stereocenters. The Morgan fingerprint density at radius 3 is 1.69 bits per heavy atom. The maximum atomic E-state index is 4.25. The quantitative estimate of drug-likeness (QED) is 0.563. The molecule has 0 aliphatic heterocycles. The highest BCUT2D eigenvalue weighted by molar-refractivity contribution is 7.80. The van der Waals surface area contributed by atoms with Crippen LogP contribution < -0.4 is 0 Å². The van der Waals surface area contributed by atoms with Crippen LogP contribution >= 0.6 is 12.6 Å². The highest BCUT2D eigenvalue weighted by atomic mass is 32.1. The van der Waals surface area contributed by atoms with Gasteiger partial charge >= 0.3 is 0 Å². The zero-order chi connectivity index (χ0) is 9.94. The minimum absolute atomic E-state index is 1.02. The Kier molecular flexibility index (Phi) is 10.6. The van der Waals surface area contributed by atoms with Gasteiger partial charge in [0.2, 0.25) is 0 Å². The van der Waals surface area contributed by atoms with Crippen molar-refractivity contribution in [1.29, 1.82) is 0 Å². The number of thiol groups is 1. The van der Waals surface area contributed by atoms with Crippen molar-refractivity contribution in [3.8, 4) is 0 Å². The van der Waals surface area contributed by atoms with Gasteiger partial charge in [-0.25, -0.2) is 0 Å². The third-order valence-corrected chi connectivity index (χ3v) is 2.60. The molecule has 0 rings (SSSR count). The van der Waals surface area contributed by atoms with Crippen molar-refractivity contribution in [3.63, 3.8) is 0 Å². The van der Waals surface area contributed by atoms with Gasteiger partial charge < -0.3 is 4.90 Å². The van der Waals surface area contributed by atoms with Gasteiger partial charge in [-0.05, 0) is 44.6 Å². The molecular formula is C11H25NS. The summed E-state index contributed by atoms with van der Waals surface area (Å²) in [5.41, 5.74) is 0. The summed E-state index contributed by atoms with van der Waals surface area (Å²) in [4.78, 5) is 2.59. The largest absolute Gasteiger partial charge is 0.303 e. The van der Waals surface area contributed by atoms with E-state index in [9.17, 15) is 0 Å². The van der Waals surface area contributed by atoms with Crippen LogP contribution in [0, 0.1) is 0 Å². The molecule has 2 heteroatoms. The molecule has 0 aliphatic rings. The number of unbranched alkanes of at least 4 members (excludes halogenated alkanes) is 2. The second kappa shape index (κ2) is 10.4. The first-order valence-electron chi connectivity index (χ1n) is 5.68. The summed E-state index contributed by atoms with van der Waals surface area (Å²) in [6.07, 6.45) is 6.54. The third-order valence-electron chi connectivity index (χ3n) is 2.29. The lowest BCUT2D eigenvalue weighted by Gasteiger charge is -2.21. The lowest BCUT2D eigenvalue weighted by Crippen LogP contribution is -2.27. The van der Waals surface area contributed by atoms with Gasteiger partial charge in [-0.15, -0.1) is 0 Å². The molecule has 0 aromatic heterocycles. The third kappa shape index (κ3) is 8.63. The van der Waals surface area contributed by atoms with Gasteiger partial charge in [0, 0.05) is 0 Å². The lowest BCUT2D eigenvalue weighted by atomic mass is 10.2. The monoisotopic (exact) mass is 203 g/mol. The normalized spacial score (nSPS) is 11.1. The zero-order valence-electron chi connectivity index (χ0n) is 9.26. The molecule has 0 spiro atoms. The second-order valence-corrected chi connectivity index (χ2v) is 4.07. The topological polar surface area (TPSA) is 3.24 Å². The smallest absolute Gasteiger partial charge is 0.00110 e. The molecule has 0 aromatic carbocycles. The van der Waals surface area contributed by atoms with Crippen LogP contribution in [0.25, 0.3) is 0 Å². The summed E-state index contributed by atoms with van der Waals surface area (Å²) in [5.74, 6) is 1.02. The molecular weight excluding hydrogens is 178 g/mol. The van der Waals surface area contributed by atoms with Gasteiger partial charge in [0.05, 0.1) is 0 Å². The fraction of sp³-hybridized carbons (Fsp3) is 1.00. The van der Waals surface area contributed by atoms with Gasteiger partial charge in [-0.2, -0.15) is 12.6 Å². The van der Waals surface area contributed by atoms with Crippen molar-refractivity contribution in [3.05, 3.63) is 0 Å². The summed E-state index contributed by atoms with van der Waals surface area (Å²) in [6, 6.07) is 0. The van der Waals surface area contributed by atoms with Crippen molar-refractivity contribution in [2.45, 2.75) is 46.0 Å². The molecule has 0 amide bonds. The van der Waals surface area contributed by atoms with Crippen molar-refractivity contribution >= 4 is 12.6 Å². The lowest BCUT2D eigenvalue weighted by molar-refractivity contribution is 0.266. The van der Waals surface area contributed by atoms with E-state index in [0.717, 1.165) is 5.75 Å². The van der Waals surface area contributed by atoms with Crippen LogP contribution in [0.1, 0.15) is 46.0 Å². The molecule has 0 radical (unpaired) electrons. The van der Waals surface area contributed by atoms with E-state index in [0.29, 0.717) is 0 Å². The first-order valence-corrected chi connectivity index (χ1v) is 6.31. The van der Waals surface area contributed by atoms with Crippen molar-refractivity contribution in [1.82, 2.24) is 4.90 Å². The van der Waals surface area contributed by atoms with Gasteiger partial charge in [0.15, 0.2) is 0 Å². The van der Waals surface area contributed by atoms with Crippen LogP contribution in [0.15, 0.2) is 0 Å². The molecule has 13 heavy (non-hydrogen) atoms. The minimum Gasteiger partial charge on any atom is -0.303 e. The van der Waals surface area contributed by atoms with Crippen LogP contribution in [0.2, 0.25) is 0 Å². The molecule has 0 heterocycles. The molecule has 0 saturated heterocycles. The molecule has 0 unspecified atom stereocenters. The van der Waals surface area contributed by atoms with Gasteiger partial charge in [-0.1, -0.05) is 26.7 Å². The average molecular weight is 203 g/mol. The van der Waals surface area contributed by atoms with Crippen LogP contribution in [0.3, 0.4) is 0 Å². The first-order chi connectivity index (χ1) is 6.35. The number of hydrogen-bond acceptors (Lipinski definition) is 2. The Bertz CT molecular complexity index is 77.1. The summed E-state index contributed by atoms with van der Waals surface area (Å²) in [6.45, 7) is 8.32. The molecule has 0 N–H and O–H groups in total. The standard InChI is InChI=1S/C11H25NS/c1-3-5-8-12(9-6-4-2)10-7-11-13/h13H,3-11H2,1-2H3. The number of nitrogens with zero attached hydrogens (tertiary/aromatic N) is 1. The highest BCUT2D eigenvalue weighted by Crippen LogP contribution is 2.00. The van der Waals surface area contributed by atoms with Crippen LogP contribution in [0.4, 0.5) is 0 Å². The van der Waals surface area contributed by atoms with Crippen molar-refractivity contribution in [2.75, 3.05) is 25.4 Å². The molecule has 0 fully saturated rings. The van der Waals surface area contributed by atoms with E-state index in [4.69, 9.17) is 0 Å². The van der Waals surface area contributed by atoms with Crippen LogP contribution in [-0.2, 0) is 0 Å². The van der Waals surface area contributed by atoms with Crippen LogP contribution in [-0.4, -0.2) is 30.3 Å². The molecule has 80 valence electrons. The predicted molar refractivity (Wildman–Crippen MR) is 64.7 cm³/mol. The minimum atomic E-state index is 1.02. The van der Waals surface area contributed by atoms with Gasteiger partial charge in [0.25, 0.3) is 0 Å². The highest BCUT2D eigenvalue weighted by Gasteiger charge is 2.01. The van der Waals surface area contributed by atoms with Gasteiger partial charge in [-0.3, -0.25) is 0 Å². The molecule has 0 saturated carbocycles.